The van der Waals surface area contributed by atoms with Crippen LogP contribution in [0.1, 0.15) is 12.5 Å². The fourth-order valence-electron chi connectivity index (χ4n) is 1.19. The highest BCUT2D eigenvalue weighted by Gasteiger charge is 2.24. The minimum absolute atomic E-state index is 0.191. The number of rotatable bonds is 4. The van der Waals surface area contributed by atoms with Gasteiger partial charge in [0.15, 0.2) is 0 Å². The average molecular weight is 242 g/mol. The van der Waals surface area contributed by atoms with Gasteiger partial charge in [0.1, 0.15) is 0 Å². The highest BCUT2D eigenvalue weighted by molar-refractivity contribution is 6.73. The molecule has 92 valence electrons. The van der Waals surface area contributed by atoms with Crippen molar-refractivity contribution in [1.29, 1.82) is 0 Å². The number of hydrogen-bond acceptors (Lipinski definition) is 1. The molecule has 0 unspecified atom stereocenters. The van der Waals surface area contributed by atoms with E-state index in [-0.39, 0.29) is 12.5 Å². The fourth-order valence-corrected chi connectivity index (χ4v) is 1.19. The van der Waals surface area contributed by atoms with E-state index in [0.717, 1.165) is 12.1 Å². The largest absolute Gasteiger partial charge is 0.509 e. The summed E-state index contributed by atoms with van der Waals surface area (Å²) in [6.45, 7) is 0.249. The van der Waals surface area contributed by atoms with Crippen molar-refractivity contribution in [1.82, 2.24) is 5.32 Å². The minimum Gasteiger partial charge on any atom is -0.445 e. The normalized spacial score (nSPS) is 11.1. The molecule has 2 nitrogen and oxygen atoms in total. The molecule has 1 aromatic carbocycles. The Balaban J connectivity index is 2.63. The molecular formula is C11H12BF3NO-. The lowest BCUT2D eigenvalue weighted by Crippen LogP contribution is -2.33. The lowest BCUT2D eigenvalue weighted by molar-refractivity contribution is -0.117. The predicted octanol–water partition coefficient (Wildman–Crippen LogP) is 1.93. The van der Waals surface area contributed by atoms with E-state index in [1.54, 1.807) is 6.92 Å². The third-order valence-corrected chi connectivity index (χ3v) is 2.20. The standard InChI is InChI=1S/C11H12BF3NO/c1-8(2)11(17)16-7-9-3-5-10(6-4-9)12(13,14)15/h3-6H,1,7H2,2H3,(H,16,17)/q-1. The van der Waals surface area contributed by atoms with Gasteiger partial charge in [-0.1, -0.05) is 30.8 Å². The number of hydrogen-bond donors (Lipinski definition) is 1. The van der Waals surface area contributed by atoms with Gasteiger partial charge < -0.3 is 18.3 Å². The highest BCUT2D eigenvalue weighted by atomic mass is 19.4. The predicted molar refractivity (Wildman–Crippen MR) is 61.8 cm³/mol. The van der Waals surface area contributed by atoms with Gasteiger partial charge in [-0.3, -0.25) is 4.79 Å². The monoisotopic (exact) mass is 242 g/mol. The van der Waals surface area contributed by atoms with Crippen molar-refractivity contribution < 1.29 is 17.7 Å². The number of carbonyl (C=O) groups is 1. The zero-order valence-corrected chi connectivity index (χ0v) is 9.34. The van der Waals surface area contributed by atoms with Crippen LogP contribution in [0, 0.1) is 0 Å². The van der Waals surface area contributed by atoms with Crippen LogP contribution in [0.5, 0.6) is 0 Å². The molecule has 0 aliphatic heterocycles. The molecule has 0 atom stereocenters. The summed E-state index contributed by atoms with van der Waals surface area (Å²) in [7, 11) is 0. The maximum absolute atomic E-state index is 12.3. The molecule has 0 saturated heterocycles. The van der Waals surface area contributed by atoms with Gasteiger partial charge in [-0.15, -0.1) is 5.46 Å². The Morgan fingerprint density at radius 3 is 2.24 bits per heavy atom. The Morgan fingerprint density at radius 2 is 1.82 bits per heavy atom. The first-order chi connectivity index (χ1) is 7.80. The molecule has 1 aromatic rings. The van der Waals surface area contributed by atoms with Crippen LogP contribution in [0.15, 0.2) is 36.4 Å². The van der Waals surface area contributed by atoms with Crippen molar-refractivity contribution >= 4 is 18.3 Å². The smallest absolute Gasteiger partial charge is 0.445 e. The maximum Gasteiger partial charge on any atom is 0.509 e. The van der Waals surface area contributed by atoms with Gasteiger partial charge >= 0.3 is 6.98 Å². The van der Waals surface area contributed by atoms with Gasteiger partial charge in [0.05, 0.1) is 0 Å². The topological polar surface area (TPSA) is 29.1 Å². The molecule has 0 spiro atoms. The number of carbonyl (C=O) groups excluding carboxylic acids is 1. The van der Waals surface area contributed by atoms with Crippen LogP contribution in [0.3, 0.4) is 0 Å². The second-order valence-corrected chi connectivity index (χ2v) is 3.78. The first-order valence-corrected chi connectivity index (χ1v) is 5.03. The summed E-state index contributed by atoms with van der Waals surface area (Å²) in [5.41, 5.74) is 0.337. The minimum atomic E-state index is -4.96. The van der Waals surface area contributed by atoms with Crippen molar-refractivity contribution in [2.45, 2.75) is 13.5 Å². The highest BCUT2D eigenvalue weighted by Crippen LogP contribution is 2.09. The van der Waals surface area contributed by atoms with Crippen LogP contribution in [0.25, 0.3) is 0 Å². The Morgan fingerprint density at radius 1 is 1.29 bits per heavy atom. The Kier molecular flexibility index (Phi) is 3.99. The van der Waals surface area contributed by atoms with Gasteiger partial charge in [0.2, 0.25) is 5.91 Å². The summed E-state index contributed by atoms with van der Waals surface area (Å²) in [5.74, 6) is -0.311. The first-order valence-electron chi connectivity index (χ1n) is 5.03. The molecule has 1 N–H and O–H groups in total. The summed E-state index contributed by atoms with van der Waals surface area (Å²) in [4.78, 5) is 11.2. The molecule has 0 fully saturated rings. The average Bonchev–Trinajstić information content (AvgIpc) is 2.25. The number of nitrogens with one attached hydrogen (secondary N) is 1. The van der Waals surface area contributed by atoms with Crippen molar-refractivity contribution in [3.63, 3.8) is 0 Å². The van der Waals surface area contributed by atoms with Crippen LogP contribution in [0.2, 0.25) is 0 Å². The fraction of sp³-hybridized carbons (Fsp3) is 0.182. The summed E-state index contributed by atoms with van der Waals surface area (Å²) in [6.07, 6.45) is 0. The molecule has 0 aromatic heterocycles. The molecule has 0 aliphatic rings. The van der Waals surface area contributed by atoms with Gasteiger partial charge in [-0.05, 0) is 12.5 Å². The molecule has 0 radical (unpaired) electrons. The second kappa shape index (κ2) is 5.08. The summed E-state index contributed by atoms with van der Waals surface area (Å²) < 4.78 is 37.0. The number of amides is 1. The Bertz CT molecular complexity index is 425. The van der Waals surface area contributed by atoms with Crippen LogP contribution in [-0.4, -0.2) is 12.9 Å². The van der Waals surface area contributed by atoms with E-state index >= 15 is 0 Å². The lowest BCUT2D eigenvalue weighted by atomic mass is 9.80. The molecule has 1 amide bonds. The van der Waals surface area contributed by atoms with E-state index in [4.69, 9.17) is 0 Å². The van der Waals surface area contributed by atoms with E-state index in [2.05, 4.69) is 11.9 Å². The zero-order valence-electron chi connectivity index (χ0n) is 9.34. The third kappa shape index (κ3) is 3.98. The molecule has 1 rings (SSSR count). The van der Waals surface area contributed by atoms with Gasteiger partial charge in [-0.25, -0.2) is 0 Å². The van der Waals surface area contributed by atoms with Crippen LogP contribution < -0.4 is 10.8 Å². The van der Waals surface area contributed by atoms with Crippen molar-refractivity contribution in [3.05, 3.63) is 42.0 Å². The molecule has 6 heteroatoms. The van der Waals surface area contributed by atoms with Gasteiger partial charge in [0.25, 0.3) is 0 Å². The zero-order chi connectivity index (χ0) is 13.1. The van der Waals surface area contributed by atoms with E-state index in [0.29, 0.717) is 11.1 Å². The van der Waals surface area contributed by atoms with E-state index in [1.165, 1.54) is 12.1 Å². The van der Waals surface area contributed by atoms with Crippen molar-refractivity contribution in [3.8, 4) is 0 Å². The van der Waals surface area contributed by atoms with Crippen molar-refractivity contribution in [2.24, 2.45) is 0 Å². The number of benzene rings is 1. The molecular weight excluding hydrogens is 230 g/mol. The number of halogens is 3. The first kappa shape index (κ1) is 13.4. The van der Waals surface area contributed by atoms with E-state index in [1.807, 2.05) is 0 Å². The SMILES string of the molecule is C=C(C)C(=O)NCc1ccc([B-](F)(F)F)cc1. The lowest BCUT2D eigenvalue weighted by Gasteiger charge is -2.15. The second-order valence-electron chi connectivity index (χ2n) is 3.78. The summed E-state index contributed by atoms with van der Waals surface area (Å²) in [6, 6.07) is 4.73. The molecule has 0 aliphatic carbocycles. The van der Waals surface area contributed by atoms with Crippen molar-refractivity contribution in [2.75, 3.05) is 0 Å². The van der Waals surface area contributed by atoms with Gasteiger partial charge in [-0.2, -0.15) is 0 Å². The Hall–Kier alpha value is -1.72. The molecule has 0 saturated carbocycles. The summed E-state index contributed by atoms with van der Waals surface area (Å²) in [5, 5.41) is 2.54. The van der Waals surface area contributed by atoms with Gasteiger partial charge in [0, 0.05) is 12.1 Å². The third-order valence-electron chi connectivity index (χ3n) is 2.20. The maximum atomic E-state index is 12.3. The van der Waals surface area contributed by atoms with Crippen LogP contribution in [0.4, 0.5) is 12.9 Å². The summed E-state index contributed by atoms with van der Waals surface area (Å²) >= 11 is 0. The Labute approximate surface area is 97.6 Å². The molecule has 0 bridgehead atoms. The van der Waals surface area contributed by atoms with E-state index < -0.39 is 12.4 Å². The van der Waals surface area contributed by atoms with Crippen LogP contribution in [-0.2, 0) is 11.3 Å². The van der Waals surface area contributed by atoms with E-state index in [9.17, 15) is 17.7 Å². The quantitative estimate of drug-likeness (QED) is 0.634. The molecule has 0 heterocycles. The molecule has 17 heavy (non-hydrogen) atoms. The van der Waals surface area contributed by atoms with Crippen LogP contribution >= 0.6 is 0 Å².